The molecule has 7 atom stereocenters. The predicted molar refractivity (Wildman–Crippen MR) is 560 cm³/mol. The summed E-state index contributed by atoms with van der Waals surface area (Å²) in [4.78, 5) is 20.3. The summed E-state index contributed by atoms with van der Waals surface area (Å²) in [5.74, 6) is 4.77. The summed E-state index contributed by atoms with van der Waals surface area (Å²) >= 11 is 9.94. The minimum Gasteiger partial charge on any atom is -0.458 e. The van der Waals surface area contributed by atoms with Gasteiger partial charge in [-0.15, -0.1) is 56.7 Å². The van der Waals surface area contributed by atoms with E-state index < -0.39 is 0 Å². The highest BCUT2D eigenvalue weighted by Gasteiger charge is 2.70. The Kier molecular flexibility index (Phi) is 19.6. The van der Waals surface area contributed by atoms with Crippen LogP contribution in [0, 0.1) is 69.1 Å². The summed E-state index contributed by atoms with van der Waals surface area (Å²) in [5, 5.41) is 2.16. The minimum absolute atomic E-state index is 0.0289. The van der Waals surface area contributed by atoms with Crippen LogP contribution in [0.15, 0.2) is 174 Å². The normalized spacial score (nSPS) is 27.7. The fourth-order valence-corrected chi connectivity index (χ4v) is 37.2. The summed E-state index contributed by atoms with van der Waals surface area (Å²) in [6.07, 6.45) is 28.2. The van der Waals surface area contributed by atoms with Gasteiger partial charge in [0.15, 0.2) is 0 Å². The number of nitrogens with zero attached hydrogens (tertiary/aromatic N) is 9. The van der Waals surface area contributed by atoms with Crippen LogP contribution in [0.3, 0.4) is 0 Å². The number of aromatic nitrogens is 4. The molecule has 4 bridgehead atoms. The van der Waals surface area contributed by atoms with Gasteiger partial charge in [0.25, 0.3) is 0 Å². The van der Waals surface area contributed by atoms with Crippen molar-refractivity contribution in [3.05, 3.63) is 262 Å². The Labute approximate surface area is 798 Å². The Hall–Kier alpha value is -8.70. The molecule has 28 rings (SSSR count). The van der Waals surface area contributed by atoms with Crippen LogP contribution >= 0.6 is 56.7 Å². The lowest BCUT2D eigenvalue weighted by Crippen LogP contribution is -2.62. The highest BCUT2D eigenvalue weighted by Crippen LogP contribution is 2.75. The van der Waals surface area contributed by atoms with E-state index in [0.29, 0.717) is 24.2 Å². The monoisotopic (exact) mass is 1830 g/mol. The summed E-state index contributed by atoms with van der Waals surface area (Å²) in [7, 11) is 8.89. The van der Waals surface area contributed by atoms with Crippen LogP contribution in [0.4, 0.5) is 28.4 Å². The predicted octanol–water partition coefficient (Wildman–Crippen LogP) is 32.5. The lowest BCUT2D eigenvalue weighted by atomic mass is 9.47. The van der Waals surface area contributed by atoms with Crippen molar-refractivity contribution in [3.63, 3.8) is 0 Å². The van der Waals surface area contributed by atoms with E-state index in [-0.39, 0.29) is 55.4 Å². The smallest absolute Gasteiger partial charge is 0.145 e. The number of rotatable bonds is 3. The SMILES string of the molecule is Cc1cccc2c1N1C(C)c3oc4ccsc4c3C1(C)C(C)(C)C2(C)C.Cc1cccc2c1N1C(C)c3sc4ccn(C)c4c3C1(C)C(C)(C)C2(C)C.Cc1ccccc1N1C(C)c2sc3ccn(C)c3c2C12C1CC3CC(C1)CC2C3.Cc1ccccc1N1C(C)c2sc3ccn(C)c3c2C12CCCC2.Cc1ccccc1N1C(C)c2sc3ccn(C)c3c2C12CCCCC2. The molecule has 0 amide bonds. The lowest BCUT2D eigenvalue weighted by Gasteiger charge is -2.64. The van der Waals surface area contributed by atoms with Gasteiger partial charge in [-0.05, 0) is 268 Å². The molecule has 6 fully saturated rings. The molecule has 5 aromatic carbocycles. The molecule has 15 aromatic rings. The molecule has 3 spiro atoms. The summed E-state index contributed by atoms with van der Waals surface area (Å²) in [6, 6.07) is 54.2. The van der Waals surface area contributed by atoms with Crippen molar-refractivity contribution in [2.75, 3.05) is 24.5 Å². The van der Waals surface area contributed by atoms with E-state index in [4.69, 9.17) is 4.42 Å². The third kappa shape index (κ3) is 11.2. The van der Waals surface area contributed by atoms with E-state index in [1.54, 1.807) is 47.3 Å². The second-order valence-electron chi connectivity index (χ2n) is 45.0. The van der Waals surface area contributed by atoms with Gasteiger partial charge < -0.3 is 47.2 Å². The van der Waals surface area contributed by atoms with Crippen molar-refractivity contribution in [1.82, 2.24) is 18.3 Å². The number of hydrogen-bond acceptors (Lipinski definition) is 11. The molecule has 131 heavy (non-hydrogen) atoms. The number of aryl methyl sites for hydroxylation is 9. The standard InChI is InChI=1S/C26H30N2S.C24H30N2S.C23H27NOS.C22H26N2S.C21H24N2S/c1-15-6-4-5-7-21(15)28-16(2)25-23(24-22(29-25)8-9-27(24)3)26(28)19-11-17-10-18(13-19)14-20(26)12-17;1-14-10-9-11-16-19(14)26-15(2)21-18(20-17(27-21)12-13-25(20)8)24(26,7)23(5,6)22(16,3)4;1-13-9-8-10-15-18(13)24-14(2)19-17(20-16(25-19)11-12-26-20)23(24,7)22(5,6)21(15,3)4;1-15-9-5-6-10-17(15)24-16(2)21-19(22(24)12-7-4-8-13-22)20-18(25-21)11-14-23(20)3;1-14-8-4-5-9-16(14)23-15(2)20-18(21(23)11-6-7-12-21)19-17(24-20)10-13-22(19)3/h4-9,16-20H,10-14H2,1-3H3;9-13,15H,1-8H3;8-12,14H,1-7H3;5-6,9-11,14,16H,4,7-8,12-13H2,1-3H3;4-5,8-10,13,15H,6-7,11-12H2,1-3H3. The fourth-order valence-electron chi connectivity index (χ4n) is 30.7. The molecule has 0 radical (unpaired) electrons. The zero-order valence-corrected chi connectivity index (χ0v) is 86.3. The van der Waals surface area contributed by atoms with Crippen molar-refractivity contribution < 1.29 is 4.42 Å². The van der Waals surface area contributed by atoms with Gasteiger partial charge in [-0.1, -0.05) is 178 Å². The maximum Gasteiger partial charge on any atom is 0.145 e. The topological polar surface area (TPSA) is 49.1 Å². The largest absolute Gasteiger partial charge is 0.458 e. The molecular weight excluding hydrogens is 1700 g/mol. The second kappa shape index (κ2) is 29.7. The van der Waals surface area contributed by atoms with Crippen molar-refractivity contribution >= 4 is 136 Å². The Morgan fingerprint density at radius 1 is 0.336 bits per heavy atom. The van der Waals surface area contributed by atoms with E-state index in [9.17, 15) is 0 Å². The van der Waals surface area contributed by atoms with Crippen molar-refractivity contribution in [1.29, 1.82) is 0 Å². The maximum absolute atomic E-state index is 6.41. The Bertz CT molecular complexity index is 7070. The quantitative estimate of drug-likeness (QED) is 0.176. The van der Waals surface area contributed by atoms with Crippen molar-refractivity contribution in [2.24, 2.45) is 62.7 Å². The van der Waals surface area contributed by atoms with E-state index >= 15 is 0 Å². The number of benzene rings is 5. The van der Waals surface area contributed by atoms with Gasteiger partial charge >= 0.3 is 0 Å². The van der Waals surface area contributed by atoms with Gasteiger partial charge in [-0.3, -0.25) is 0 Å². The van der Waals surface area contributed by atoms with Crippen LogP contribution in [-0.4, -0.2) is 18.3 Å². The number of fused-ring (bicyclic) bond motifs is 25. The Morgan fingerprint density at radius 2 is 0.679 bits per heavy atom. The molecule has 17 heterocycles. The average Bonchev–Trinajstić information content (AvgIpc) is 1.52. The van der Waals surface area contributed by atoms with Gasteiger partial charge in [-0.2, -0.15) is 0 Å². The molecule has 10 nitrogen and oxygen atoms in total. The van der Waals surface area contributed by atoms with Crippen LogP contribution in [-0.2, 0) is 66.7 Å². The first kappa shape index (κ1) is 86.4. The minimum atomic E-state index is -0.111. The Balaban J connectivity index is 0.0000000932. The molecule has 7 unspecified atom stereocenters. The Morgan fingerprint density at radius 3 is 1.11 bits per heavy atom. The summed E-state index contributed by atoms with van der Waals surface area (Å²) in [6.45, 7) is 48.0. The number of hydrogen-bond donors (Lipinski definition) is 0. The molecule has 7 aliphatic heterocycles. The van der Waals surface area contributed by atoms with Gasteiger partial charge in [0.2, 0.25) is 0 Å². The number of para-hydroxylation sites is 5. The van der Waals surface area contributed by atoms with Gasteiger partial charge in [0, 0.05) is 140 Å². The first-order chi connectivity index (χ1) is 62.5. The summed E-state index contributed by atoms with van der Waals surface area (Å²) < 4.78 is 23.1. The summed E-state index contributed by atoms with van der Waals surface area (Å²) in [5.41, 5.74) is 32.8. The maximum atomic E-state index is 6.41. The third-order valence-corrected chi connectivity index (χ3v) is 44.4. The van der Waals surface area contributed by atoms with Crippen LogP contribution in [0.1, 0.15) is 316 Å². The van der Waals surface area contributed by atoms with Gasteiger partial charge in [0.1, 0.15) is 11.3 Å². The van der Waals surface area contributed by atoms with Crippen LogP contribution in [0.5, 0.6) is 0 Å². The molecule has 0 N–H and O–H groups in total. The third-order valence-electron chi connectivity index (χ3n) is 38.2. The van der Waals surface area contributed by atoms with E-state index in [1.807, 2.05) is 45.3 Å². The van der Waals surface area contributed by atoms with Crippen LogP contribution in [0.2, 0.25) is 0 Å². The molecule has 6 saturated carbocycles. The molecular formula is C116H137N9OS5. The van der Waals surface area contributed by atoms with E-state index in [1.165, 1.54) is 203 Å². The first-order valence-corrected chi connectivity index (χ1v) is 53.9. The number of thiophene rings is 5. The molecule has 15 heteroatoms. The number of furan rings is 1. The fraction of sp³-hybridized carbons (Fsp3) is 0.483. The second-order valence-corrected chi connectivity index (χ2v) is 50.3. The highest BCUT2D eigenvalue weighted by molar-refractivity contribution is 7.20. The molecule has 6 aliphatic carbocycles. The average molecular weight is 1830 g/mol. The molecule has 682 valence electrons. The van der Waals surface area contributed by atoms with Crippen molar-refractivity contribution in [3.8, 4) is 0 Å². The zero-order chi connectivity index (χ0) is 91.3. The van der Waals surface area contributed by atoms with Gasteiger partial charge in [-0.25, -0.2) is 0 Å². The zero-order valence-electron chi connectivity index (χ0n) is 82.2. The van der Waals surface area contributed by atoms with E-state index in [2.05, 4.69) is 390 Å². The van der Waals surface area contributed by atoms with Gasteiger partial charge in [0.05, 0.1) is 103 Å². The van der Waals surface area contributed by atoms with E-state index in [0.717, 1.165) is 35.0 Å². The van der Waals surface area contributed by atoms with Crippen LogP contribution in [0.25, 0.3) is 51.1 Å². The molecule has 10 aromatic heterocycles. The number of anilines is 5. The molecule has 13 aliphatic rings. The lowest BCUT2D eigenvalue weighted by molar-refractivity contribution is -0.0597. The molecule has 0 saturated heterocycles. The van der Waals surface area contributed by atoms with Crippen LogP contribution < -0.4 is 24.5 Å². The first-order valence-electron chi connectivity index (χ1n) is 49.7. The van der Waals surface area contributed by atoms with Crippen molar-refractivity contribution in [2.45, 2.75) is 297 Å². The highest BCUT2D eigenvalue weighted by atomic mass is 32.1.